The first-order valence-electron chi connectivity index (χ1n) is 7.23. The Bertz CT molecular complexity index is 995. The molecule has 24 heavy (non-hydrogen) atoms. The average Bonchev–Trinajstić information content (AvgIpc) is 3.22. The van der Waals surface area contributed by atoms with Gasteiger partial charge in [0.05, 0.1) is 18.2 Å². The second-order valence-corrected chi connectivity index (χ2v) is 7.28. The Morgan fingerprint density at radius 2 is 1.83 bits per heavy atom. The van der Waals surface area contributed by atoms with Crippen LogP contribution in [0.4, 0.5) is 4.39 Å². The molecule has 0 N–H and O–H groups in total. The van der Waals surface area contributed by atoms with Crippen LogP contribution in [0.3, 0.4) is 0 Å². The summed E-state index contributed by atoms with van der Waals surface area (Å²) in [4.78, 5) is 4.66. The summed E-state index contributed by atoms with van der Waals surface area (Å²) in [6.07, 6.45) is 0.626. The van der Waals surface area contributed by atoms with Crippen LogP contribution in [0, 0.1) is 5.82 Å². The van der Waals surface area contributed by atoms with Crippen LogP contribution in [0.5, 0.6) is 5.75 Å². The Labute approximate surface area is 145 Å². The molecular formula is C17H12FN3OS2. The number of ether oxygens (including phenoxy) is 1. The van der Waals surface area contributed by atoms with Crippen molar-refractivity contribution in [3.63, 3.8) is 0 Å². The summed E-state index contributed by atoms with van der Waals surface area (Å²) in [6.45, 7) is 0. The maximum atomic E-state index is 13.0. The molecular weight excluding hydrogens is 345 g/mol. The normalized spacial score (nSPS) is 11.1. The monoisotopic (exact) mass is 357 g/mol. The van der Waals surface area contributed by atoms with E-state index in [-0.39, 0.29) is 5.82 Å². The van der Waals surface area contributed by atoms with E-state index in [2.05, 4.69) is 15.2 Å². The van der Waals surface area contributed by atoms with E-state index in [0.717, 1.165) is 36.6 Å². The Hall–Kier alpha value is -2.38. The molecule has 4 nitrogen and oxygen atoms in total. The molecule has 0 aliphatic heterocycles. The van der Waals surface area contributed by atoms with Gasteiger partial charge in [-0.2, -0.15) is 0 Å². The third-order valence-corrected chi connectivity index (χ3v) is 5.50. The van der Waals surface area contributed by atoms with Crippen LogP contribution in [0.2, 0.25) is 0 Å². The molecule has 0 aliphatic rings. The second kappa shape index (κ2) is 6.26. The van der Waals surface area contributed by atoms with Crippen molar-refractivity contribution in [2.75, 3.05) is 7.11 Å². The maximum absolute atomic E-state index is 13.0. The van der Waals surface area contributed by atoms with Gasteiger partial charge in [-0.15, -0.1) is 21.5 Å². The Morgan fingerprint density at radius 3 is 2.62 bits per heavy atom. The molecule has 0 fully saturated rings. The minimum Gasteiger partial charge on any atom is -0.494 e. The second-order valence-electron chi connectivity index (χ2n) is 5.10. The van der Waals surface area contributed by atoms with Crippen molar-refractivity contribution in [3.8, 4) is 16.3 Å². The van der Waals surface area contributed by atoms with Gasteiger partial charge in [0.25, 0.3) is 0 Å². The first kappa shape index (κ1) is 15.2. The van der Waals surface area contributed by atoms with E-state index in [9.17, 15) is 4.39 Å². The molecule has 4 aromatic rings. The number of rotatable bonds is 4. The number of aromatic nitrogens is 3. The third kappa shape index (κ3) is 2.88. The lowest BCUT2D eigenvalue weighted by molar-refractivity contribution is 0.419. The molecule has 7 heteroatoms. The summed E-state index contributed by atoms with van der Waals surface area (Å²) in [5, 5.41) is 11.1. The van der Waals surface area contributed by atoms with Crippen LogP contribution < -0.4 is 4.74 Å². The van der Waals surface area contributed by atoms with Crippen molar-refractivity contribution in [1.29, 1.82) is 0 Å². The first-order chi connectivity index (χ1) is 11.7. The Balaban J connectivity index is 1.61. The predicted octanol–water partition coefficient (Wildman–Crippen LogP) is 4.55. The fraction of sp³-hybridized carbons (Fsp3) is 0.118. The van der Waals surface area contributed by atoms with Gasteiger partial charge in [0.1, 0.15) is 32.1 Å². The predicted molar refractivity (Wildman–Crippen MR) is 94.3 cm³/mol. The topological polar surface area (TPSA) is 47.9 Å². The molecule has 0 aliphatic carbocycles. The molecule has 0 saturated heterocycles. The number of halogens is 1. The molecule has 0 saturated carbocycles. The van der Waals surface area contributed by atoms with E-state index in [0.29, 0.717) is 6.42 Å². The zero-order valence-electron chi connectivity index (χ0n) is 12.7. The van der Waals surface area contributed by atoms with Crippen molar-refractivity contribution in [2.24, 2.45) is 0 Å². The molecule has 2 aromatic carbocycles. The van der Waals surface area contributed by atoms with Gasteiger partial charge in [0.15, 0.2) is 0 Å². The quantitative estimate of drug-likeness (QED) is 0.537. The molecule has 0 bridgehead atoms. The largest absolute Gasteiger partial charge is 0.494 e. The zero-order chi connectivity index (χ0) is 16.5. The lowest BCUT2D eigenvalue weighted by atomic mass is 10.2. The van der Waals surface area contributed by atoms with E-state index >= 15 is 0 Å². The summed E-state index contributed by atoms with van der Waals surface area (Å²) in [5.74, 6) is 0.520. The van der Waals surface area contributed by atoms with Gasteiger partial charge in [-0.3, -0.25) is 0 Å². The van der Waals surface area contributed by atoms with Gasteiger partial charge in [-0.1, -0.05) is 17.4 Å². The highest BCUT2D eigenvalue weighted by molar-refractivity contribution is 7.19. The summed E-state index contributed by atoms with van der Waals surface area (Å²) >= 11 is 3.12. The number of fused-ring (bicyclic) bond motifs is 1. The van der Waals surface area contributed by atoms with Crippen LogP contribution in [-0.2, 0) is 6.42 Å². The fourth-order valence-corrected chi connectivity index (χ4v) is 4.30. The average molecular weight is 357 g/mol. The van der Waals surface area contributed by atoms with E-state index < -0.39 is 0 Å². The van der Waals surface area contributed by atoms with Gasteiger partial charge in [0, 0.05) is 5.56 Å². The lowest BCUT2D eigenvalue weighted by Gasteiger charge is -1.97. The van der Waals surface area contributed by atoms with Gasteiger partial charge >= 0.3 is 0 Å². The maximum Gasteiger partial charge on any atom is 0.147 e. The van der Waals surface area contributed by atoms with Gasteiger partial charge < -0.3 is 4.74 Å². The number of para-hydroxylation sites is 1. The van der Waals surface area contributed by atoms with E-state index in [1.165, 1.54) is 23.5 Å². The molecule has 0 radical (unpaired) electrons. The first-order valence-corrected chi connectivity index (χ1v) is 8.87. The molecule has 4 rings (SSSR count). The number of benzene rings is 2. The van der Waals surface area contributed by atoms with Crippen LogP contribution >= 0.6 is 22.7 Å². The number of hydrogen-bond donors (Lipinski definition) is 0. The summed E-state index contributed by atoms with van der Waals surface area (Å²) in [7, 11) is 1.65. The minimum atomic E-state index is -0.257. The van der Waals surface area contributed by atoms with E-state index in [4.69, 9.17) is 4.74 Å². The minimum absolute atomic E-state index is 0.257. The van der Waals surface area contributed by atoms with Crippen LogP contribution in [0.1, 0.15) is 10.0 Å². The van der Waals surface area contributed by atoms with Crippen LogP contribution in [-0.4, -0.2) is 22.3 Å². The van der Waals surface area contributed by atoms with Crippen LogP contribution in [0.15, 0.2) is 42.5 Å². The number of hydrogen-bond acceptors (Lipinski definition) is 6. The molecule has 0 spiro atoms. The molecule has 0 atom stereocenters. The third-order valence-electron chi connectivity index (χ3n) is 3.51. The van der Waals surface area contributed by atoms with Gasteiger partial charge in [-0.05, 0) is 36.4 Å². The molecule has 0 amide bonds. The van der Waals surface area contributed by atoms with Crippen molar-refractivity contribution in [2.45, 2.75) is 6.42 Å². The highest BCUT2D eigenvalue weighted by Gasteiger charge is 2.12. The van der Waals surface area contributed by atoms with Crippen molar-refractivity contribution in [3.05, 3.63) is 58.3 Å². The summed E-state index contributed by atoms with van der Waals surface area (Å²) < 4.78 is 19.4. The van der Waals surface area contributed by atoms with E-state index in [1.54, 1.807) is 30.6 Å². The Morgan fingerprint density at radius 1 is 1.00 bits per heavy atom. The zero-order valence-corrected chi connectivity index (χ0v) is 14.3. The highest BCUT2D eigenvalue weighted by atomic mass is 32.1. The van der Waals surface area contributed by atoms with Crippen LogP contribution in [0.25, 0.3) is 20.8 Å². The summed E-state index contributed by atoms with van der Waals surface area (Å²) in [5.41, 5.74) is 1.74. The highest BCUT2D eigenvalue weighted by Crippen LogP contribution is 2.31. The Kier molecular flexibility index (Phi) is 3.95. The number of thiazole rings is 1. The van der Waals surface area contributed by atoms with Gasteiger partial charge in [0.2, 0.25) is 0 Å². The fourth-order valence-electron chi connectivity index (χ4n) is 2.37. The van der Waals surface area contributed by atoms with Gasteiger partial charge in [-0.25, -0.2) is 9.37 Å². The summed E-state index contributed by atoms with van der Waals surface area (Å²) in [6, 6.07) is 12.2. The number of nitrogens with zero attached hydrogens (tertiary/aromatic N) is 3. The molecule has 2 heterocycles. The molecule has 0 unspecified atom stereocenters. The van der Waals surface area contributed by atoms with E-state index in [1.807, 2.05) is 18.2 Å². The van der Waals surface area contributed by atoms with Crippen molar-refractivity contribution in [1.82, 2.24) is 15.2 Å². The number of methoxy groups -OCH3 is 1. The smallest absolute Gasteiger partial charge is 0.147 e. The lowest BCUT2D eigenvalue weighted by Crippen LogP contribution is -1.87. The van der Waals surface area contributed by atoms with Crippen molar-refractivity contribution >= 4 is 32.9 Å². The molecule has 120 valence electrons. The molecule has 2 aromatic heterocycles. The van der Waals surface area contributed by atoms with Crippen molar-refractivity contribution < 1.29 is 9.13 Å². The SMILES string of the molecule is COc1cccc2sc(Cc3nnc(-c4ccc(F)cc4)s3)nc12. The standard InChI is InChI=1S/C17H12FN3OS2/c1-22-12-3-2-4-13-16(12)19-14(23-13)9-15-20-21-17(24-15)10-5-7-11(18)8-6-10/h2-8H,9H2,1H3.